The number of aliphatic hydroxyl groups excluding tert-OH is 1. The van der Waals surface area contributed by atoms with E-state index in [-0.39, 0.29) is 24.2 Å². The molecule has 0 bridgehead atoms. The summed E-state index contributed by atoms with van der Waals surface area (Å²) < 4.78 is 40.8. The number of hydrogen-bond acceptors (Lipinski definition) is 6. The number of ether oxygens (including phenoxy) is 1. The van der Waals surface area contributed by atoms with Crippen molar-refractivity contribution in [1.29, 1.82) is 0 Å². The number of aliphatic hydroxyl groups is 1. The Kier molecular flexibility index (Phi) is 7.13. The summed E-state index contributed by atoms with van der Waals surface area (Å²) in [6, 6.07) is -2.31. The van der Waals surface area contributed by atoms with E-state index in [1.807, 2.05) is 0 Å². The molecule has 0 radical (unpaired) electrons. The normalized spacial score (nSPS) is 26.0. The average molecular weight is 463 g/mol. The fraction of sp³-hybridized carbons (Fsp3) is 0.800. The molecule has 12 heteroatoms. The van der Waals surface area contributed by atoms with Crippen molar-refractivity contribution >= 4 is 23.5 Å². The summed E-state index contributed by atoms with van der Waals surface area (Å²) in [6.45, 7) is 1.01. The van der Waals surface area contributed by atoms with Gasteiger partial charge in [0, 0.05) is 19.0 Å². The Labute approximate surface area is 183 Å². The van der Waals surface area contributed by atoms with Crippen molar-refractivity contribution in [3.05, 3.63) is 0 Å². The number of hydrogen-bond donors (Lipinski definition) is 3. The van der Waals surface area contributed by atoms with Crippen LogP contribution in [0, 0.1) is 11.3 Å². The van der Waals surface area contributed by atoms with Crippen LogP contribution in [0.1, 0.15) is 45.4 Å². The smallest absolute Gasteiger partial charge is 0.383 e. The van der Waals surface area contributed by atoms with E-state index >= 15 is 0 Å². The molecule has 3 fully saturated rings. The molecule has 1 aliphatic carbocycles. The Morgan fingerprint density at radius 2 is 2.03 bits per heavy atom. The second-order valence-electron chi connectivity index (χ2n) is 8.88. The Morgan fingerprint density at radius 1 is 1.34 bits per heavy atom. The van der Waals surface area contributed by atoms with Crippen LogP contribution in [-0.2, 0) is 23.9 Å². The summed E-state index contributed by atoms with van der Waals surface area (Å²) in [4.78, 5) is 51.3. The first-order chi connectivity index (χ1) is 14.9. The molecule has 3 amide bonds. The Hall–Kier alpha value is -2.21. The maximum absolute atomic E-state index is 13.1. The number of nitrogens with zero attached hydrogens (tertiary/aromatic N) is 1. The molecule has 0 unspecified atom stereocenters. The highest BCUT2D eigenvalue weighted by Gasteiger charge is 2.56. The average Bonchev–Trinajstić information content (AvgIpc) is 3.19. The molecular formula is C20H28F3N3O6. The first-order valence-corrected chi connectivity index (χ1v) is 10.7. The van der Waals surface area contributed by atoms with Crippen LogP contribution in [0.3, 0.4) is 0 Å². The molecule has 180 valence electrons. The number of rotatable bonds is 9. The molecule has 3 rings (SSSR count). The number of likely N-dealkylation sites (tertiary alicyclic amines) is 1. The Bertz CT molecular complexity index is 770. The first kappa shape index (κ1) is 24.4. The monoisotopic (exact) mass is 463 g/mol. The molecule has 4 atom stereocenters. The molecule has 2 aliphatic heterocycles. The summed E-state index contributed by atoms with van der Waals surface area (Å²) in [5.74, 6) is -3.26. The topological polar surface area (TPSA) is 125 Å². The molecule has 0 aromatic heterocycles. The number of carbonyl (C=O) groups excluding carboxylic acids is 4. The van der Waals surface area contributed by atoms with Gasteiger partial charge >= 0.3 is 6.36 Å². The molecule has 2 heterocycles. The van der Waals surface area contributed by atoms with Crippen LogP contribution >= 0.6 is 0 Å². The molecule has 3 aliphatic rings. The van der Waals surface area contributed by atoms with Crippen molar-refractivity contribution in [2.45, 2.75) is 70.0 Å². The number of Topliss-reactive ketones (excluding diaryl/α,β-unsaturated/α-hetero) is 1. The largest absolute Gasteiger partial charge is 0.522 e. The van der Waals surface area contributed by atoms with Crippen molar-refractivity contribution in [3.63, 3.8) is 0 Å². The third kappa shape index (κ3) is 5.77. The van der Waals surface area contributed by atoms with E-state index in [1.54, 1.807) is 6.92 Å². The molecule has 32 heavy (non-hydrogen) atoms. The quantitative estimate of drug-likeness (QED) is 0.450. The Morgan fingerprint density at radius 3 is 2.56 bits per heavy atom. The van der Waals surface area contributed by atoms with Crippen molar-refractivity contribution in [2.24, 2.45) is 11.3 Å². The van der Waals surface area contributed by atoms with Gasteiger partial charge in [0.1, 0.15) is 18.8 Å². The van der Waals surface area contributed by atoms with Gasteiger partial charge in [-0.1, -0.05) is 6.92 Å². The van der Waals surface area contributed by atoms with Crippen LogP contribution in [0.15, 0.2) is 0 Å². The fourth-order valence-electron chi connectivity index (χ4n) is 4.37. The number of alkyl halides is 3. The minimum Gasteiger partial charge on any atom is -0.383 e. The van der Waals surface area contributed by atoms with E-state index in [0.29, 0.717) is 25.9 Å². The summed E-state index contributed by atoms with van der Waals surface area (Å²) in [7, 11) is 0. The molecule has 2 saturated heterocycles. The molecule has 1 saturated carbocycles. The van der Waals surface area contributed by atoms with Crippen LogP contribution < -0.4 is 10.6 Å². The van der Waals surface area contributed by atoms with E-state index in [2.05, 4.69) is 15.4 Å². The SMILES string of the molecule is CC[C@@H](O)C(=O)N1CC2(CC2)C[C@H]1C(=O)N[C@@H](C[C@@H]1CCNC1=O)C(=O)COC(F)(F)F. The highest BCUT2D eigenvalue weighted by atomic mass is 19.4. The lowest BCUT2D eigenvalue weighted by Crippen LogP contribution is -2.53. The number of amides is 3. The van der Waals surface area contributed by atoms with Gasteiger partial charge < -0.3 is 20.6 Å². The zero-order valence-electron chi connectivity index (χ0n) is 17.7. The van der Waals surface area contributed by atoms with Crippen LogP contribution in [0.4, 0.5) is 13.2 Å². The predicted octanol–water partition coefficient (Wildman–Crippen LogP) is 0.255. The van der Waals surface area contributed by atoms with Gasteiger partial charge in [0.15, 0.2) is 5.78 Å². The van der Waals surface area contributed by atoms with E-state index in [1.165, 1.54) is 4.90 Å². The summed E-state index contributed by atoms with van der Waals surface area (Å²) >= 11 is 0. The molecule has 0 aromatic carbocycles. The molecule has 1 spiro atoms. The lowest BCUT2D eigenvalue weighted by molar-refractivity contribution is -0.321. The lowest BCUT2D eigenvalue weighted by Gasteiger charge is -2.28. The van der Waals surface area contributed by atoms with Gasteiger partial charge in [0.05, 0.1) is 6.04 Å². The maximum Gasteiger partial charge on any atom is 0.522 e. The highest BCUT2D eigenvalue weighted by molar-refractivity contribution is 5.95. The zero-order chi connectivity index (χ0) is 23.7. The van der Waals surface area contributed by atoms with Gasteiger partial charge in [-0.05, 0) is 43.9 Å². The predicted molar refractivity (Wildman–Crippen MR) is 103 cm³/mol. The maximum atomic E-state index is 13.1. The van der Waals surface area contributed by atoms with E-state index in [0.717, 1.165) is 12.8 Å². The van der Waals surface area contributed by atoms with Gasteiger partial charge in [0.25, 0.3) is 5.91 Å². The third-order valence-electron chi connectivity index (χ3n) is 6.49. The number of carbonyl (C=O) groups is 4. The zero-order valence-corrected chi connectivity index (χ0v) is 17.7. The Balaban J connectivity index is 1.72. The van der Waals surface area contributed by atoms with Crippen molar-refractivity contribution in [3.8, 4) is 0 Å². The number of nitrogens with one attached hydrogen (secondary N) is 2. The fourth-order valence-corrected chi connectivity index (χ4v) is 4.37. The first-order valence-electron chi connectivity index (χ1n) is 10.7. The van der Waals surface area contributed by atoms with Crippen LogP contribution in [0.5, 0.6) is 0 Å². The second-order valence-corrected chi connectivity index (χ2v) is 8.88. The van der Waals surface area contributed by atoms with Gasteiger partial charge in [0.2, 0.25) is 11.8 Å². The number of ketones is 1. The van der Waals surface area contributed by atoms with E-state index in [4.69, 9.17) is 0 Å². The van der Waals surface area contributed by atoms with Gasteiger partial charge in [-0.3, -0.25) is 23.9 Å². The van der Waals surface area contributed by atoms with Crippen LogP contribution in [0.25, 0.3) is 0 Å². The van der Waals surface area contributed by atoms with Crippen molar-refractivity contribution < 1.29 is 42.2 Å². The lowest BCUT2D eigenvalue weighted by atomic mass is 9.95. The standard InChI is InChI=1S/C20H28F3N3O6/c1-2-14(27)18(31)26-10-19(4-5-19)8-13(26)17(30)25-12(7-11-3-6-24-16(11)29)15(28)9-32-20(21,22)23/h11-14,27H,2-10H2,1H3,(H,24,29)(H,25,30)/t11-,12-,13-,14+/m0/s1. The van der Waals surface area contributed by atoms with E-state index in [9.17, 15) is 37.5 Å². The minimum absolute atomic E-state index is 0.166. The van der Waals surface area contributed by atoms with Crippen LogP contribution in [-0.4, -0.2) is 77.8 Å². The molecule has 0 aromatic rings. The molecule has 3 N–H and O–H groups in total. The van der Waals surface area contributed by atoms with E-state index < -0.39 is 54.7 Å². The van der Waals surface area contributed by atoms with Crippen LogP contribution in [0.2, 0.25) is 0 Å². The van der Waals surface area contributed by atoms with Gasteiger partial charge in [-0.25, -0.2) is 0 Å². The second kappa shape index (κ2) is 9.34. The number of halogens is 3. The van der Waals surface area contributed by atoms with Gasteiger partial charge in [-0.2, -0.15) is 0 Å². The highest BCUT2D eigenvalue weighted by Crippen LogP contribution is 2.55. The summed E-state index contributed by atoms with van der Waals surface area (Å²) in [5.41, 5.74) is -0.199. The molecule has 9 nitrogen and oxygen atoms in total. The summed E-state index contributed by atoms with van der Waals surface area (Å²) in [6.07, 6.45) is -3.88. The van der Waals surface area contributed by atoms with Crippen molar-refractivity contribution in [2.75, 3.05) is 19.7 Å². The third-order valence-corrected chi connectivity index (χ3v) is 6.49. The minimum atomic E-state index is -5.02. The molecular weight excluding hydrogens is 435 g/mol. The van der Waals surface area contributed by atoms with Crippen molar-refractivity contribution in [1.82, 2.24) is 15.5 Å². The van der Waals surface area contributed by atoms with Gasteiger partial charge in [-0.15, -0.1) is 13.2 Å². The summed E-state index contributed by atoms with van der Waals surface area (Å²) in [5, 5.41) is 15.0.